The molecule has 0 spiro atoms. The van der Waals surface area contributed by atoms with Crippen molar-refractivity contribution >= 4 is 11.6 Å². The van der Waals surface area contributed by atoms with Crippen LogP contribution in [0.5, 0.6) is 0 Å². The normalized spacial score (nSPS) is 12.8. The number of fused-ring (bicyclic) bond motifs is 1. The second-order valence-corrected chi connectivity index (χ2v) is 8.96. The van der Waals surface area contributed by atoms with Gasteiger partial charge in [-0.25, -0.2) is 0 Å². The summed E-state index contributed by atoms with van der Waals surface area (Å²) in [6.07, 6.45) is 5.17. The maximum Gasteiger partial charge on any atom is 0.277 e. The fourth-order valence-corrected chi connectivity index (χ4v) is 4.50. The molecule has 0 radical (unpaired) electrons. The van der Waals surface area contributed by atoms with E-state index in [2.05, 4.69) is 32.8 Å². The monoisotopic (exact) mass is 476 g/mol. The first-order valence-electron chi connectivity index (χ1n) is 12.1. The Kier molecular flexibility index (Phi) is 5.87. The quantitative estimate of drug-likeness (QED) is 0.318. The van der Waals surface area contributed by atoms with Gasteiger partial charge < -0.3 is 14.3 Å². The summed E-state index contributed by atoms with van der Waals surface area (Å²) in [6.45, 7) is 0. The van der Waals surface area contributed by atoms with E-state index in [1.165, 1.54) is 24.0 Å². The predicted molar refractivity (Wildman–Crippen MR) is 136 cm³/mol. The van der Waals surface area contributed by atoms with Crippen molar-refractivity contribution in [3.8, 4) is 22.8 Å². The van der Waals surface area contributed by atoms with E-state index in [4.69, 9.17) is 8.94 Å². The van der Waals surface area contributed by atoms with Gasteiger partial charge in [0.05, 0.1) is 6.42 Å². The van der Waals surface area contributed by atoms with Crippen LogP contribution in [-0.2, 0) is 19.3 Å². The third kappa shape index (κ3) is 4.68. The Morgan fingerprint density at radius 2 is 1.64 bits per heavy atom. The summed E-state index contributed by atoms with van der Waals surface area (Å²) >= 11 is 0. The highest BCUT2D eigenvalue weighted by atomic mass is 16.5. The Bertz CT molecular complexity index is 1500. The minimum Gasteiger partial charge on any atom is -0.420 e. The van der Waals surface area contributed by atoms with Crippen LogP contribution >= 0.6 is 0 Å². The molecule has 0 bridgehead atoms. The van der Waals surface area contributed by atoms with Crippen molar-refractivity contribution in [2.45, 2.75) is 32.1 Å². The van der Waals surface area contributed by atoms with Crippen LogP contribution in [0.1, 0.15) is 45.9 Å². The molecule has 1 aliphatic rings. The molecule has 3 aromatic carbocycles. The Balaban J connectivity index is 1.09. The second-order valence-electron chi connectivity index (χ2n) is 8.96. The smallest absolute Gasteiger partial charge is 0.277 e. The van der Waals surface area contributed by atoms with E-state index >= 15 is 0 Å². The zero-order valence-electron chi connectivity index (χ0n) is 19.6. The van der Waals surface area contributed by atoms with Crippen molar-refractivity contribution in [2.24, 2.45) is 0 Å². The third-order valence-electron chi connectivity index (χ3n) is 6.43. The van der Waals surface area contributed by atoms with E-state index in [1.54, 1.807) is 6.07 Å². The molecule has 1 N–H and O–H groups in total. The molecule has 2 aromatic heterocycles. The van der Waals surface area contributed by atoms with Gasteiger partial charge in [0.1, 0.15) is 0 Å². The maximum atomic E-state index is 12.7. The number of carbonyl (C=O) groups is 1. The Labute approximate surface area is 208 Å². The molecule has 7 heteroatoms. The van der Waals surface area contributed by atoms with Gasteiger partial charge in [-0.15, -0.1) is 10.2 Å². The zero-order chi connectivity index (χ0) is 24.3. The summed E-state index contributed by atoms with van der Waals surface area (Å²) in [7, 11) is 0. The van der Waals surface area contributed by atoms with Gasteiger partial charge in [0.25, 0.3) is 5.91 Å². The molecular weight excluding hydrogens is 452 g/mol. The number of amides is 1. The maximum absolute atomic E-state index is 12.7. The van der Waals surface area contributed by atoms with Crippen LogP contribution in [0.2, 0.25) is 0 Å². The van der Waals surface area contributed by atoms with Gasteiger partial charge in [-0.3, -0.25) is 4.79 Å². The zero-order valence-corrected chi connectivity index (χ0v) is 19.6. The average molecular weight is 477 g/mol. The second kappa shape index (κ2) is 9.62. The lowest BCUT2D eigenvalue weighted by molar-refractivity contribution is 0.101. The fraction of sp³-hybridized carbons (Fsp3) is 0.172. The number of rotatable bonds is 6. The number of aromatic nitrogens is 3. The fourth-order valence-electron chi connectivity index (χ4n) is 4.50. The van der Waals surface area contributed by atoms with Crippen LogP contribution < -0.4 is 5.32 Å². The molecule has 7 nitrogen and oxygen atoms in total. The van der Waals surface area contributed by atoms with E-state index in [1.807, 2.05) is 60.7 Å². The summed E-state index contributed by atoms with van der Waals surface area (Å²) < 4.78 is 11.3. The molecule has 36 heavy (non-hydrogen) atoms. The van der Waals surface area contributed by atoms with Crippen molar-refractivity contribution in [3.63, 3.8) is 0 Å². The highest BCUT2D eigenvalue weighted by Crippen LogP contribution is 2.28. The largest absolute Gasteiger partial charge is 0.420 e. The molecule has 6 rings (SSSR count). The molecule has 5 aromatic rings. The minimum atomic E-state index is -0.319. The van der Waals surface area contributed by atoms with E-state index in [0.717, 1.165) is 29.5 Å². The number of nitrogens with one attached hydrogen (secondary N) is 1. The van der Waals surface area contributed by atoms with Gasteiger partial charge in [-0.05, 0) is 72.7 Å². The number of aryl methyl sites for hydroxylation is 2. The van der Waals surface area contributed by atoms with E-state index in [0.29, 0.717) is 29.6 Å². The van der Waals surface area contributed by atoms with Gasteiger partial charge >= 0.3 is 0 Å². The Morgan fingerprint density at radius 3 is 2.47 bits per heavy atom. The number of carbonyl (C=O) groups excluding carboxylic acids is 1. The van der Waals surface area contributed by atoms with Crippen LogP contribution in [0.15, 0.2) is 87.8 Å². The predicted octanol–water partition coefficient (Wildman–Crippen LogP) is 6.11. The first-order chi connectivity index (χ1) is 17.7. The molecule has 0 saturated carbocycles. The van der Waals surface area contributed by atoms with Crippen LogP contribution in [0, 0.1) is 0 Å². The summed E-state index contributed by atoms with van der Waals surface area (Å²) in [4.78, 5) is 12.7. The van der Waals surface area contributed by atoms with Crippen molar-refractivity contribution in [1.29, 1.82) is 0 Å². The first-order valence-corrected chi connectivity index (χ1v) is 12.1. The lowest BCUT2D eigenvalue weighted by Gasteiger charge is -2.15. The van der Waals surface area contributed by atoms with Crippen molar-refractivity contribution < 1.29 is 13.7 Å². The summed E-state index contributed by atoms with van der Waals surface area (Å²) in [5.74, 6) is 1.30. The molecule has 0 atom stereocenters. The van der Waals surface area contributed by atoms with Crippen molar-refractivity contribution in [2.75, 3.05) is 5.32 Å². The van der Waals surface area contributed by atoms with Crippen LogP contribution in [0.3, 0.4) is 0 Å². The first kappa shape index (κ1) is 22.0. The lowest BCUT2D eigenvalue weighted by Crippen LogP contribution is -2.12. The molecule has 178 valence electrons. The highest BCUT2D eigenvalue weighted by molar-refractivity contribution is 6.03. The van der Waals surface area contributed by atoms with Crippen LogP contribution in [-0.4, -0.2) is 21.3 Å². The van der Waals surface area contributed by atoms with Gasteiger partial charge in [-0.2, -0.15) is 0 Å². The van der Waals surface area contributed by atoms with Crippen molar-refractivity contribution in [3.05, 3.63) is 107 Å². The van der Waals surface area contributed by atoms with Crippen molar-refractivity contribution in [1.82, 2.24) is 15.4 Å². The molecule has 0 unspecified atom stereocenters. The van der Waals surface area contributed by atoms with Gasteiger partial charge in [0.15, 0.2) is 11.5 Å². The molecule has 0 saturated heterocycles. The number of nitrogens with zero attached hydrogens (tertiary/aromatic N) is 3. The average Bonchev–Trinajstić information content (AvgIpc) is 3.61. The summed E-state index contributed by atoms with van der Waals surface area (Å²) in [5, 5.41) is 15.1. The van der Waals surface area contributed by atoms with E-state index in [-0.39, 0.29) is 11.6 Å². The van der Waals surface area contributed by atoms with E-state index in [9.17, 15) is 4.79 Å². The van der Waals surface area contributed by atoms with Crippen LogP contribution in [0.4, 0.5) is 5.69 Å². The molecule has 0 fully saturated rings. The molecule has 1 aliphatic carbocycles. The molecule has 1 amide bonds. The Hall–Kier alpha value is -4.52. The number of anilines is 1. The topological polar surface area (TPSA) is 94.1 Å². The minimum absolute atomic E-state index is 0.242. The number of hydrogen-bond donors (Lipinski definition) is 1. The summed E-state index contributed by atoms with van der Waals surface area (Å²) in [5.41, 5.74) is 6.50. The molecular formula is C29H24N4O3. The summed E-state index contributed by atoms with van der Waals surface area (Å²) in [6, 6.07) is 25.2. The molecule has 0 aliphatic heterocycles. The molecule has 2 heterocycles. The van der Waals surface area contributed by atoms with Crippen LogP contribution in [0.25, 0.3) is 22.8 Å². The Morgan fingerprint density at radius 1 is 0.833 bits per heavy atom. The SMILES string of the molecule is O=C(Nc1ccc(Cc2nnc(-c3ccccc3)o2)cc1)c1cc(-c2ccc3c(c2)CCCC3)on1. The highest BCUT2D eigenvalue weighted by Gasteiger charge is 2.16. The van der Waals surface area contributed by atoms with E-state index < -0.39 is 0 Å². The standard InChI is InChI=1S/C29H24N4O3/c34-28(25-18-26(36-33-25)23-13-12-20-6-4-5-9-22(20)17-23)30-24-14-10-19(11-15-24)16-27-31-32-29(35-27)21-7-2-1-3-8-21/h1-3,7-8,10-15,17-18H,4-6,9,16H2,(H,30,34). The number of benzene rings is 3. The number of hydrogen-bond acceptors (Lipinski definition) is 6. The third-order valence-corrected chi connectivity index (χ3v) is 6.43. The van der Waals surface area contributed by atoms with Gasteiger partial charge in [-0.1, -0.05) is 47.6 Å². The van der Waals surface area contributed by atoms with Gasteiger partial charge in [0.2, 0.25) is 11.8 Å². The van der Waals surface area contributed by atoms with Gasteiger partial charge in [0, 0.05) is 22.9 Å². The lowest BCUT2D eigenvalue weighted by atomic mass is 9.90.